The summed E-state index contributed by atoms with van der Waals surface area (Å²) in [6.07, 6.45) is 1.96. The summed E-state index contributed by atoms with van der Waals surface area (Å²) >= 11 is 0. The molecule has 0 aromatic carbocycles. The number of rotatable bonds is 0. The van der Waals surface area contributed by atoms with Crippen LogP contribution in [0, 0.1) is 6.92 Å². The van der Waals surface area contributed by atoms with Gasteiger partial charge in [-0.15, -0.1) is 0 Å². The molecule has 0 bridgehead atoms. The summed E-state index contributed by atoms with van der Waals surface area (Å²) in [7, 11) is 0. The number of aromatic amines is 1. The van der Waals surface area contributed by atoms with Gasteiger partial charge in [-0.2, -0.15) is 0 Å². The summed E-state index contributed by atoms with van der Waals surface area (Å²) in [5, 5.41) is 0. The summed E-state index contributed by atoms with van der Waals surface area (Å²) in [5.74, 6) is 0.932. The molecule has 0 unspecified atom stereocenters. The maximum Gasteiger partial charge on any atom is 0.277 e. The van der Waals surface area contributed by atoms with Crippen LogP contribution in [0.25, 0.3) is 11.0 Å². The molecule has 0 saturated heterocycles. The lowest BCUT2D eigenvalue weighted by atomic mass is 10.3. The van der Waals surface area contributed by atoms with Crippen LogP contribution < -0.4 is 5.56 Å². The average molecular weight is 189 g/mol. The smallest absolute Gasteiger partial charge is 0.277 e. The first-order chi connectivity index (χ1) is 6.75. The van der Waals surface area contributed by atoms with E-state index in [4.69, 9.17) is 0 Å². The quantitative estimate of drug-likeness (QED) is 0.671. The van der Waals surface area contributed by atoms with Crippen LogP contribution in [0.15, 0.2) is 10.9 Å². The van der Waals surface area contributed by atoms with E-state index in [1.54, 1.807) is 4.57 Å². The van der Waals surface area contributed by atoms with Gasteiger partial charge in [-0.3, -0.25) is 9.36 Å². The second-order valence-corrected chi connectivity index (χ2v) is 3.80. The fraction of sp³-hybridized carbons (Fsp3) is 0.400. The average Bonchev–Trinajstić information content (AvgIpc) is 2.71. The zero-order chi connectivity index (χ0) is 9.71. The van der Waals surface area contributed by atoms with Crippen LogP contribution in [0.1, 0.15) is 17.9 Å². The van der Waals surface area contributed by atoms with Crippen molar-refractivity contribution >= 4 is 11.0 Å². The third-order valence-corrected chi connectivity index (χ3v) is 2.73. The van der Waals surface area contributed by atoms with E-state index in [1.807, 2.05) is 13.0 Å². The van der Waals surface area contributed by atoms with Crippen LogP contribution in [-0.4, -0.2) is 14.5 Å². The zero-order valence-corrected chi connectivity index (χ0v) is 8.00. The van der Waals surface area contributed by atoms with Gasteiger partial charge in [-0.1, -0.05) is 0 Å². The molecule has 0 atom stereocenters. The molecular formula is C10H11N3O. The molecule has 0 saturated carbocycles. The summed E-state index contributed by atoms with van der Waals surface area (Å²) in [5.41, 5.74) is 2.53. The van der Waals surface area contributed by atoms with Crippen LogP contribution in [0.3, 0.4) is 0 Å². The summed E-state index contributed by atoms with van der Waals surface area (Å²) in [6, 6.07) is 1.93. The Bertz CT molecular complexity index is 564. The maximum atomic E-state index is 11.9. The van der Waals surface area contributed by atoms with Gasteiger partial charge in [0.2, 0.25) is 0 Å². The minimum absolute atomic E-state index is 0.0793. The second-order valence-electron chi connectivity index (χ2n) is 3.80. The second kappa shape index (κ2) is 2.47. The molecule has 14 heavy (non-hydrogen) atoms. The Labute approximate surface area is 80.6 Å². The lowest BCUT2D eigenvalue weighted by Crippen LogP contribution is -2.20. The Kier molecular flexibility index (Phi) is 1.37. The van der Waals surface area contributed by atoms with E-state index in [1.165, 1.54) is 0 Å². The highest BCUT2D eigenvalue weighted by molar-refractivity contribution is 5.75. The van der Waals surface area contributed by atoms with E-state index in [0.717, 1.165) is 36.4 Å². The third kappa shape index (κ3) is 0.880. The van der Waals surface area contributed by atoms with Gasteiger partial charge in [0.15, 0.2) is 0 Å². The molecule has 2 aromatic heterocycles. The normalized spacial score (nSPS) is 14.9. The summed E-state index contributed by atoms with van der Waals surface area (Å²) in [6.45, 7) is 2.76. The molecule has 0 fully saturated rings. The van der Waals surface area contributed by atoms with E-state index in [9.17, 15) is 4.79 Å². The molecule has 0 amide bonds. The molecule has 4 nitrogen and oxygen atoms in total. The fourth-order valence-electron chi connectivity index (χ4n) is 2.09. The fourth-order valence-corrected chi connectivity index (χ4v) is 2.09. The SMILES string of the molecule is Cc1cc2nc3n(c(=O)c2[nH]1)CCC3. The van der Waals surface area contributed by atoms with Crippen molar-refractivity contribution in [3.8, 4) is 0 Å². The number of hydrogen-bond acceptors (Lipinski definition) is 2. The van der Waals surface area contributed by atoms with Crippen molar-refractivity contribution in [2.24, 2.45) is 0 Å². The standard InChI is InChI=1S/C10H11N3O/c1-6-5-7-9(11-6)10(14)13-4-2-3-8(13)12-7/h5,11H,2-4H2,1H3. The Morgan fingerprint density at radius 2 is 2.43 bits per heavy atom. The van der Waals surface area contributed by atoms with E-state index < -0.39 is 0 Å². The van der Waals surface area contributed by atoms with Crippen molar-refractivity contribution in [1.82, 2.24) is 14.5 Å². The molecule has 2 aromatic rings. The Balaban J connectivity index is 2.49. The third-order valence-electron chi connectivity index (χ3n) is 2.73. The molecule has 3 rings (SSSR count). The minimum atomic E-state index is 0.0793. The molecule has 0 spiro atoms. The minimum Gasteiger partial charge on any atom is -0.353 e. The molecule has 0 radical (unpaired) electrons. The number of nitrogens with zero attached hydrogens (tertiary/aromatic N) is 2. The number of aromatic nitrogens is 3. The van der Waals surface area contributed by atoms with Gasteiger partial charge < -0.3 is 4.98 Å². The van der Waals surface area contributed by atoms with Gasteiger partial charge in [0.1, 0.15) is 11.3 Å². The Morgan fingerprint density at radius 1 is 1.57 bits per heavy atom. The number of fused-ring (bicyclic) bond motifs is 2. The molecule has 3 heterocycles. The molecule has 1 aliphatic rings. The Morgan fingerprint density at radius 3 is 3.29 bits per heavy atom. The van der Waals surface area contributed by atoms with Gasteiger partial charge >= 0.3 is 0 Å². The van der Waals surface area contributed by atoms with Crippen molar-refractivity contribution in [3.05, 3.63) is 27.9 Å². The topological polar surface area (TPSA) is 50.7 Å². The van der Waals surface area contributed by atoms with Gasteiger partial charge in [-0.05, 0) is 19.4 Å². The van der Waals surface area contributed by atoms with Crippen LogP contribution in [0.4, 0.5) is 0 Å². The largest absolute Gasteiger partial charge is 0.353 e. The van der Waals surface area contributed by atoms with Gasteiger partial charge in [0, 0.05) is 18.7 Å². The van der Waals surface area contributed by atoms with Crippen LogP contribution in [-0.2, 0) is 13.0 Å². The van der Waals surface area contributed by atoms with E-state index in [-0.39, 0.29) is 5.56 Å². The van der Waals surface area contributed by atoms with E-state index in [2.05, 4.69) is 9.97 Å². The van der Waals surface area contributed by atoms with Crippen molar-refractivity contribution in [1.29, 1.82) is 0 Å². The molecule has 72 valence electrons. The van der Waals surface area contributed by atoms with E-state index >= 15 is 0 Å². The maximum absolute atomic E-state index is 11.9. The monoisotopic (exact) mass is 189 g/mol. The lowest BCUT2D eigenvalue weighted by molar-refractivity contribution is 0.718. The van der Waals surface area contributed by atoms with Crippen LogP contribution in [0.5, 0.6) is 0 Å². The predicted molar refractivity (Wildman–Crippen MR) is 53.4 cm³/mol. The van der Waals surface area contributed by atoms with Gasteiger partial charge in [-0.25, -0.2) is 4.98 Å². The highest BCUT2D eigenvalue weighted by Gasteiger charge is 2.16. The molecule has 1 aliphatic heterocycles. The number of aryl methyl sites for hydroxylation is 2. The molecule has 1 N–H and O–H groups in total. The van der Waals surface area contributed by atoms with Crippen molar-refractivity contribution < 1.29 is 0 Å². The van der Waals surface area contributed by atoms with Crippen molar-refractivity contribution in [3.63, 3.8) is 0 Å². The van der Waals surface area contributed by atoms with E-state index in [0.29, 0.717) is 5.52 Å². The zero-order valence-electron chi connectivity index (χ0n) is 8.00. The first-order valence-corrected chi connectivity index (χ1v) is 4.85. The van der Waals surface area contributed by atoms with Crippen molar-refractivity contribution in [2.75, 3.05) is 0 Å². The highest BCUT2D eigenvalue weighted by Crippen LogP contribution is 2.14. The first-order valence-electron chi connectivity index (χ1n) is 4.85. The number of nitrogens with one attached hydrogen (secondary N) is 1. The predicted octanol–water partition coefficient (Wildman–Crippen LogP) is 0.979. The van der Waals surface area contributed by atoms with Crippen molar-refractivity contribution in [2.45, 2.75) is 26.3 Å². The summed E-state index contributed by atoms with van der Waals surface area (Å²) < 4.78 is 1.78. The molecule has 0 aliphatic carbocycles. The Hall–Kier alpha value is -1.58. The van der Waals surface area contributed by atoms with Gasteiger partial charge in [0.25, 0.3) is 5.56 Å². The lowest BCUT2D eigenvalue weighted by Gasteiger charge is -2.00. The molecular weight excluding hydrogens is 178 g/mol. The van der Waals surface area contributed by atoms with Crippen LogP contribution in [0.2, 0.25) is 0 Å². The number of hydrogen-bond donors (Lipinski definition) is 1. The molecule has 4 heteroatoms. The first kappa shape index (κ1) is 7.79. The van der Waals surface area contributed by atoms with Crippen LogP contribution >= 0.6 is 0 Å². The highest BCUT2D eigenvalue weighted by atomic mass is 16.1. The summed E-state index contributed by atoms with van der Waals surface area (Å²) in [4.78, 5) is 19.5. The van der Waals surface area contributed by atoms with Gasteiger partial charge in [0.05, 0.1) is 5.52 Å². The number of H-pyrrole nitrogens is 1.